The summed E-state index contributed by atoms with van der Waals surface area (Å²) in [5.41, 5.74) is 9.37. The van der Waals surface area contributed by atoms with Crippen molar-refractivity contribution >= 4 is 33.0 Å². The first-order valence-corrected chi connectivity index (χ1v) is 15.2. The number of para-hydroxylation sites is 4. The predicted molar refractivity (Wildman–Crippen MR) is 178 cm³/mol. The van der Waals surface area contributed by atoms with Crippen LogP contribution in [0.1, 0.15) is 61.3 Å². The second-order valence-electron chi connectivity index (χ2n) is 12.8. The van der Waals surface area contributed by atoms with Crippen LogP contribution in [0.25, 0.3) is 49.9 Å². The van der Waals surface area contributed by atoms with Gasteiger partial charge in [-0.1, -0.05) is 92.9 Å². The molecule has 0 radical (unpaired) electrons. The third-order valence-electron chi connectivity index (χ3n) is 9.05. The summed E-state index contributed by atoms with van der Waals surface area (Å²) in [4.78, 5) is 4.85. The number of hydrogen-bond donors (Lipinski definition) is 0. The molecule has 0 unspecified atom stereocenters. The Bertz CT molecular complexity index is 2210. The molecule has 0 saturated carbocycles. The Balaban J connectivity index is 0.000000171. The van der Waals surface area contributed by atoms with Crippen LogP contribution in [0.5, 0.6) is 0 Å². The van der Waals surface area contributed by atoms with E-state index in [1.54, 1.807) is 0 Å². The molecule has 0 spiro atoms. The van der Waals surface area contributed by atoms with Crippen molar-refractivity contribution in [1.82, 2.24) is 9.55 Å². The van der Waals surface area contributed by atoms with E-state index in [9.17, 15) is 0 Å². The molecule has 0 amide bonds. The zero-order valence-electron chi connectivity index (χ0n) is 28.2. The van der Waals surface area contributed by atoms with Gasteiger partial charge in [0.05, 0.1) is 25.9 Å². The number of nitrogens with zero attached hydrogens (tertiary/aromatic N) is 3. The molecule has 5 heteroatoms. The summed E-state index contributed by atoms with van der Waals surface area (Å²) < 4.78 is 25.4. The van der Waals surface area contributed by atoms with E-state index in [-0.39, 0.29) is 30.9 Å². The van der Waals surface area contributed by atoms with Crippen LogP contribution >= 0.6 is 0 Å². The Labute approximate surface area is 281 Å². The zero-order valence-corrected chi connectivity index (χ0v) is 28.6. The smallest absolute Gasteiger partial charge is 0.501 e. The minimum absolute atomic E-state index is 0. The van der Waals surface area contributed by atoms with Crippen LogP contribution in [-0.4, -0.2) is 9.55 Å². The van der Waals surface area contributed by atoms with Gasteiger partial charge in [0.1, 0.15) is 5.58 Å². The van der Waals surface area contributed by atoms with Crippen molar-refractivity contribution in [2.24, 2.45) is 0 Å². The summed E-state index contributed by atoms with van der Waals surface area (Å²) in [5, 5.41) is 2.26. The number of aryl methyl sites for hydroxylation is 1. The van der Waals surface area contributed by atoms with Crippen LogP contribution in [0.15, 0.2) is 102 Å². The molecule has 0 N–H and O–H groups in total. The summed E-state index contributed by atoms with van der Waals surface area (Å²) in [5.74, 6) is 0. The molecule has 4 aromatic carbocycles. The zero-order chi connectivity index (χ0) is 32.3. The van der Waals surface area contributed by atoms with Gasteiger partial charge in [0, 0.05) is 11.6 Å². The average molecular weight is 770 g/mol. The molecule has 1 aliphatic rings. The first-order valence-electron chi connectivity index (χ1n) is 16.2. The van der Waals surface area contributed by atoms with Crippen LogP contribution in [0.2, 0.25) is 0 Å². The Morgan fingerprint density at radius 3 is 2.38 bits per heavy atom. The molecule has 4 nitrogen and oxygen atoms in total. The summed E-state index contributed by atoms with van der Waals surface area (Å²) in [6, 6.07) is 36.3. The van der Waals surface area contributed by atoms with Crippen molar-refractivity contribution in [1.29, 1.82) is 0 Å². The van der Waals surface area contributed by atoms with Crippen molar-refractivity contribution in [3.63, 3.8) is 0 Å². The molecular formula is C40H37IrN3O+. The number of imidazole rings is 1. The van der Waals surface area contributed by atoms with Crippen LogP contribution in [-0.2, 0) is 37.4 Å². The normalized spacial score (nSPS) is 15.8. The van der Waals surface area contributed by atoms with E-state index < -0.39 is 6.50 Å². The maximum atomic E-state index is 7.91. The minimum atomic E-state index is -1.50. The Morgan fingerprint density at radius 2 is 1.60 bits per heavy atom. The van der Waals surface area contributed by atoms with E-state index in [0.29, 0.717) is 0 Å². The van der Waals surface area contributed by atoms with Crippen LogP contribution in [0, 0.1) is 18.5 Å². The standard InChI is InChI=1S/C25H24NO.C15H13N2.Ir/c1-24(2)12-13-25(3,4)20-15-26-21(14-19(20)24)18-10-7-9-17-16-8-5-6-11-22(16)27-23(17)18;1-2-16-12-17(13-8-4-3-5-9-13)15-11-7-6-10-14(15)16;/h5-9,11,14-15H,12-13H2,1-4H3;3-8,10-11H,2H2,1H3;/q2*-1;+3/i;2D2;. The van der Waals surface area contributed by atoms with E-state index in [0.717, 1.165) is 49.9 Å². The Hall–Kier alpha value is -4.05. The number of aromatic nitrogens is 3. The van der Waals surface area contributed by atoms with Crippen molar-refractivity contribution in [2.45, 2.75) is 64.8 Å². The molecule has 0 saturated heterocycles. The Kier molecular flexibility index (Phi) is 7.61. The molecule has 8 rings (SSSR count). The van der Waals surface area contributed by atoms with Crippen molar-refractivity contribution in [2.75, 3.05) is 0 Å². The molecule has 7 aromatic rings. The van der Waals surface area contributed by atoms with Gasteiger partial charge in [0.2, 0.25) is 6.33 Å². The van der Waals surface area contributed by atoms with Gasteiger partial charge >= 0.3 is 20.1 Å². The van der Waals surface area contributed by atoms with Gasteiger partial charge in [-0.15, -0.1) is 18.2 Å². The maximum absolute atomic E-state index is 7.91. The number of pyridine rings is 1. The summed E-state index contributed by atoms with van der Waals surface area (Å²) in [7, 11) is 0. The summed E-state index contributed by atoms with van der Waals surface area (Å²) in [6.07, 6.45) is 7.54. The first-order chi connectivity index (χ1) is 21.9. The molecule has 226 valence electrons. The second-order valence-corrected chi connectivity index (χ2v) is 12.8. The number of benzene rings is 4. The largest absolute Gasteiger partial charge is 3.00 e. The Morgan fingerprint density at radius 1 is 0.867 bits per heavy atom. The number of hydrogen-bond acceptors (Lipinski definition) is 2. The number of furan rings is 1. The molecule has 0 atom stereocenters. The fraction of sp³-hybridized carbons (Fsp3) is 0.250. The van der Waals surface area contributed by atoms with Gasteiger partial charge in [-0.2, -0.15) is 30.3 Å². The van der Waals surface area contributed by atoms with Gasteiger partial charge in [-0.05, 0) is 53.5 Å². The molecule has 45 heavy (non-hydrogen) atoms. The summed E-state index contributed by atoms with van der Waals surface area (Å²) >= 11 is 0. The molecule has 1 aliphatic carbocycles. The third-order valence-corrected chi connectivity index (χ3v) is 9.05. The fourth-order valence-electron chi connectivity index (χ4n) is 6.39. The quantitative estimate of drug-likeness (QED) is 0.133. The van der Waals surface area contributed by atoms with Gasteiger partial charge in [0.15, 0.2) is 0 Å². The van der Waals surface area contributed by atoms with Crippen LogP contribution in [0.4, 0.5) is 0 Å². The molecule has 3 aromatic heterocycles. The third kappa shape index (κ3) is 5.54. The SMILES string of the molecule is CC1(C)CCC(C)(C)c2cc(-c3[c-]ccc4c3oc3ccccc34)ncc21.[2H]C([2H])(C)[n+]1[c-]n(-c2[c-]cccc2)c2ccccc21.[Ir+3]. The van der Waals surface area contributed by atoms with E-state index in [1.165, 1.54) is 35.5 Å². The van der Waals surface area contributed by atoms with Crippen molar-refractivity contribution in [3.05, 3.63) is 127 Å². The molecule has 0 bridgehead atoms. The predicted octanol–water partition coefficient (Wildman–Crippen LogP) is 9.33. The average Bonchev–Trinajstić information content (AvgIpc) is 3.63. The van der Waals surface area contributed by atoms with Crippen molar-refractivity contribution < 1.29 is 31.8 Å². The summed E-state index contributed by atoms with van der Waals surface area (Å²) in [6.45, 7) is 9.37. The van der Waals surface area contributed by atoms with Gasteiger partial charge in [0.25, 0.3) is 0 Å². The molecule has 3 heterocycles. The molecular weight excluding hydrogens is 731 g/mol. The van der Waals surface area contributed by atoms with E-state index in [1.807, 2.05) is 71.3 Å². The maximum Gasteiger partial charge on any atom is 3.00 e. The van der Waals surface area contributed by atoms with Gasteiger partial charge < -0.3 is 18.5 Å². The number of rotatable bonds is 3. The van der Waals surface area contributed by atoms with E-state index >= 15 is 0 Å². The van der Waals surface area contributed by atoms with Gasteiger partial charge in [-0.25, -0.2) is 0 Å². The molecule has 0 aliphatic heterocycles. The minimum Gasteiger partial charge on any atom is -0.501 e. The number of fused-ring (bicyclic) bond motifs is 5. The fourth-order valence-corrected chi connectivity index (χ4v) is 6.39. The van der Waals surface area contributed by atoms with Gasteiger partial charge in [-0.3, -0.25) is 0 Å². The van der Waals surface area contributed by atoms with Crippen LogP contribution in [0.3, 0.4) is 0 Å². The second kappa shape index (κ2) is 12.0. The van der Waals surface area contributed by atoms with Crippen LogP contribution < -0.4 is 4.57 Å². The first kappa shape index (κ1) is 28.4. The monoisotopic (exact) mass is 770 g/mol. The molecule has 0 fully saturated rings. The van der Waals surface area contributed by atoms with E-state index in [2.05, 4.69) is 76.6 Å². The topological polar surface area (TPSA) is 34.8 Å². The van der Waals surface area contributed by atoms with E-state index in [4.69, 9.17) is 12.1 Å². The van der Waals surface area contributed by atoms with Crippen molar-refractivity contribution in [3.8, 4) is 16.9 Å².